The highest BCUT2D eigenvalue weighted by molar-refractivity contribution is 8.22. The fraction of sp³-hybridized carbons (Fsp3) is 0.345. The van der Waals surface area contributed by atoms with Gasteiger partial charge in [0.2, 0.25) is 0 Å². The van der Waals surface area contributed by atoms with Gasteiger partial charge < -0.3 is 9.63 Å². The van der Waals surface area contributed by atoms with Gasteiger partial charge in [-0.25, -0.2) is 9.48 Å². The number of hydrogen-bond acceptors (Lipinski definition) is 7. The van der Waals surface area contributed by atoms with Crippen LogP contribution in [0.15, 0.2) is 64.1 Å². The van der Waals surface area contributed by atoms with Crippen LogP contribution in [0.4, 0.5) is 13.2 Å². The third-order valence-electron chi connectivity index (χ3n) is 7.83. The van der Waals surface area contributed by atoms with Crippen molar-refractivity contribution in [3.63, 3.8) is 0 Å². The minimum atomic E-state index is -4.53. The van der Waals surface area contributed by atoms with Crippen LogP contribution in [0, 0.1) is 12.8 Å². The summed E-state index contributed by atoms with van der Waals surface area (Å²) in [7, 11) is -3.60. The van der Waals surface area contributed by atoms with E-state index in [0.29, 0.717) is 29.1 Å². The first-order chi connectivity index (χ1) is 19.8. The molecule has 13 heteroatoms. The van der Waals surface area contributed by atoms with Crippen LogP contribution in [0.5, 0.6) is 0 Å². The SMILES string of the molecule is Cc1cc(C2CC2c2c(C(=O)O)cnn2-c2cccc(CN3C[C@@H](C)Cc4cc(C(F)(F)F)ccc4S3(O)O)c2)on1. The number of aromatic carboxylic acids is 1. The lowest BCUT2D eigenvalue weighted by Gasteiger charge is -2.43. The fourth-order valence-corrected chi connectivity index (χ4v) is 7.63. The molecule has 42 heavy (non-hydrogen) atoms. The maximum Gasteiger partial charge on any atom is 0.416 e. The molecule has 3 heterocycles. The van der Waals surface area contributed by atoms with Crippen molar-refractivity contribution in [1.82, 2.24) is 19.2 Å². The Labute approximate surface area is 241 Å². The third kappa shape index (κ3) is 5.21. The van der Waals surface area contributed by atoms with E-state index >= 15 is 0 Å². The van der Waals surface area contributed by atoms with Gasteiger partial charge in [-0.05, 0) is 67.1 Å². The van der Waals surface area contributed by atoms with Crippen molar-refractivity contribution < 1.29 is 36.7 Å². The minimum absolute atomic E-state index is 0.0209. The molecule has 0 amide bonds. The van der Waals surface area contributed by atoms with Crippen molar-refractivity contribution in [2.75, 3.05) is 6.54 Å². The molecule has 0 radical (unpaired) electrons. The van der Waals surface area contributed by atoms with Crippen molar-refractivity contribution in [2.45, 2.75) is 56.1 Å². The van der Waals surface area contributed by atoms with E-state index in [9.17, 15) is 32.2 Å². The number of nitrogens with zero attached hydrogens (tertiary/aromatic N) is 4. The number of rotatable bonds is 6. The fourth-order valence-electron chi connectivity index (χ4n) is 5.81. The Balaban J connectivity index is 1.31. The van der Waals surface area contributed by atoms with Gasteiger partial charge in [0, 0.05) is 31.0 Å². The molecule has 3 N–H and O–H groups in total. The van der Waals surface area contributed by atoms with Crippen molar-refractivity contribution >= 4 is 16.7 Å². The van der Waals surface area contributed by atoms with E-state index < -0.39 is 28.5 Å². The molecule has 1 saturated carbocycles. The molecule has 1 fully saturated rings. The Morgan fingerprint density at radius 2 is 1.93 bits per heavy atom. The number of aryl methyl sites for hydroxylation is 1. The normalized spacial score (nSPS) is 22.8. The molecule has 9 nitrogen and oxygen atoms in total. The van der Waals surface area contributed by atoms with E-state index in [4.69, 9.17) is 4.52 Å². The summed E-state index contributed by atoms with van der Waals surface area (Å²) in [6.07, 6.45) is -2.26. The lowest BCUT2D eigenvalue weighted by atomic mass is 9.99. The van der Waals surface area contributed by atoms with Crippen LogP contribution in [0.1, 0.15) is 69.4 Å². The minimum Gasteiger partial charge on any atom is -0.478 e. The Hall–Kier alpha value is -3.65. The average molecular weight is 603 g/mol. The summed E-state index contributed by atoms with van der Waals surface area (Å²) in [6, 6.07) is 12.1. The highest BCUT2D eigenvalue weighted by Gasteiger charge is 2.46. The summed E-state index contributed by atoms with van der Waals surface area (Å²) >= 11 is 0. The van der Waals surface area contributed by atoms with E-state index in [2.05, 4.69) is 10.3 Å². The Morgan fingerprint density at radius 3 is 2.62 bits per heavy atom. The zero-order chi connectivity index (χ0) is 30.0. The van der Waals surface area contributed by atoms with Gasteiger partial charge in [-0.2, -0.15) is 22.6 Å². The molecule has 1 aliphatic carbocycles. The number of benzene rings is 2. The molecule has 4 aromatic rings. The van der Waals surface area contributed by atoms with Gasteiger partial charge in [0.15, 0.2) is 0 Å². The molecule has 3 atom stereocenters. The Bertz CT molecular complexity index is 1670. The highest BCUT2D eigenvalue weighted by atomic mass is 32.3. The van der Waals surface area contributed by atoms with E-state index in [1.54, 1.807) is 28.9 Å². The quantitative estimate of drug-likeness (QED) is 0.218. The molecule has 2 aliphatic rings. The first-order valence-corrected chi connectivity index (χ1v) is 14.9. The number of halogens is 3. The largest absolute Gasteiger partial charge is 0.478 e. The number of fused-ring (bicyclic) bond motifs is 1. The number of alkyl halides is 3. The zero-order valence-electron chi connectivity index (χ0n) is 22.7. The summed E-state index contributed by atoms with van der Waals surface area (Å²) in [6.45, 7) is 4.03. The topological polar surface area (TPSA) is 125 Å². The molecule has 2 unspecified atom stereocenters. The van der Waals surface area contributed by atoms with E-state index in [-0.39, 0.29) is 53.3 Å². The monoisotopic (exact) mass is 602 g/mol. The van der Waals surface area contributed by atoms with Crippen LogP contribution in [0.3, 0.4) is 0 Å². The second-order valence-electron chi connectivity index (χ2n) is 11.1. The van der Waals surface area contributed by atoms with Crippen molar-refractivity contribution in [3.8, 4) is 5.69 Å². The van der Waals surface area contributed by atoms with Crippen LogP contribution in [-0.4, -0.2) is 46.0 Å². The predicted octanol–water partition coefficient (Wildman–Crippen LogP) is 6.88. The number of hydrogen-bond donors (Lipinski definition) is 3. The van der Waals surface area contributed by atoms with E-state index in [0.717, 1.165) is 17.8 Å². The molecular formula is C29H29F3N4O5S. The van der Waals surface area contributed by atoms with E-state index in [1.807, 2.05) is 19.9 Å². The molecule has 0 bridgehead atoms. The van der Waals surface area contributed by atoms with Crippen molar-refractivity contribution in [1.29, 1.82) is 0 Å². The predicted molar refractivity (Wildman–Crippen MR) is 148 cm³/mol. The summed E-state index contributed by atoms with van der Waals surface area (Å²) in [4.78, 5) is 12.2. The lowest BCUT2D eigenvalue weighted by molar-refractivity contribution is -0.137. The van der Waals surface area contributed by atoms with Crippen LogP contribution in [0.2, 0.25) is 0 Å². The standard InChI is InChI=1S/C29H29F3N4O5S/c1-16-8-19-11-20(29(30,31)32)6-7-26(19)42(39,40)35(14-16)15-18-4-3-5-21(10-18)36-27(24(13-33-36)28(37)38)23-12-22(23)25-9-17(2)34-41-25/h3-7,9-11,13,16,22-23,39-40H,8,12,14-15H2,1-2H3,(H,37,38)/t16-,22?,23?/m0/s1. The summed E-state index contributed by atoms with van der Waals surface area (Å²) in [5, 5.41) is 18.2. The molecule has 6 rings (SSSR count). The number of carboxylic acids is 1. The average Bonchev–Trinajstić information content (AvgIpc) is 3.39. The smallest absolute Gasteiger partial charge is 0.416 e. The van der Waals surface area contributed by atoms with Gasteiger partial charge >= 0.3 is 12.1 Å². The van der Waals surface area contributed by atoms with Gasteiger partial charge in [-0.3, -0.25) is 9.11 Å². The maximum absolute atomic E-state index is 13.4. The van der Waals surface area contributed by atoms with E-state index in [1.165, 1.54) is 16.6 Å². The van der Waals surface area contributed by atoms with Crippen LogP contribution in [-0.2, 0) is 19.1 Å². The summed E-state index contributed by atoms with van der Waals surface area (Å²) in [5.41, 5.74) is 2.13. The molecule has 0 spiro atoms. The maximum atomic E-state index is 13.4. The second-order valence-corrected chi connectivity index (χ2v) is 13.1. The van der Waals surface area contributed by atoms with Gasteiger partial charge in [-0.15, -0.1) is 10.8 Å². The summed E-state index contributed by atoms with van der Waals surface area (Å²) in [5.74, 6) is -0.699. The van der Waals surface area contributed by atoms with Gasteiger partial charge in [0.1, 0.15) is 11.3 Å². The van der Waals surface area contributed by atoms with Gasteiger partial charge in [0.25, 0.3) is 0 Å². The molecule has 2 aromatic heterocycles. The molecular weight excluding hydrogens is 573 g/mol. The molecule has 1 aliphatic heterocycles. The molecule has 2 aromatic carbocycles. The number of carbonyl (C=O) groups is 1. The highest BCUT2D eigenvalue weighted by Crippen LogP contribution is 2.57. The Morgan fingerprint density at radius 1 is 1.14 bits per heavy atom. The number of carboxylic acid groups (broad SMARTS) is 1. The first kappa shape index (κ1) is 28.5. The van der Waals surface area contributed by atoms with Crippen molar-refractivity contribution in [2.24, 2.45) is 5.92 Å². The van der Waals surface area contributed by atoms with Gasteiger partial charge in [-0.1, -0.05) is 24.2 Å². The zero-order valence-corrected chi connectivity index (χ0v) is 23.6. The Kier molecular flexibility index (Phi) is 6.96. The first-order valence-electron chi connectivity index (χ1n) is 13.4. The lowest BCUT2D eigenvalue weighted by Crippen LogP contribution is -2.30. The molecule has 222 valence electrons. The second kappa shape index (κ2) is 10.3. The van der Waals surface area contributed by atoms with Crippen LogP contribution in [0.25, 0.3) is 5.69 Å². The third-order valence-corrected chi connectivity index (χ3v) is 9.82. The van der Waals surface area contributed by atoms with Crippen LogP contribution < -0.4 is 0 Å². The number of aromatic nitrogens is 3. The van der Waals surface area contributed by atoms with Crippen LogP contribution >= 0.6 is 10.8 Å². The van der Waals surface area contributed by atoms with Gasteiger partial charge in [0.05, 0.1) is 33.7 Å². The van der Waals surface area contributed by atoms with Crippen molar-refractivity contribution in [3.05, 3.63) is 94.1 Å². The molecule has 0 saturated heterocycles. The summed E-state index contributed by atoms with van der Waals surface area (Å²) < 4.78 is 71.3.